The number of nitrogens with zero attached hydrogens (tertiary/aromatic N) is 1. The minimum absolute atomic E-state index is 0.377. The van der Waals surface area contributed by atoms with Gasteiger partial charge in [-0.1, -0.05) is 29.3 Å². The predicted octanol–water partition coefficient (Wildman–Crippen LogP) is 4.17. The van der Waals surface area contributed by atoms with Crippen molar-refractivity contribution in [1.29, 1.82) is 0 Å². The van der Waals surface area contributed by atoms with E-state index in [4.69, 9.17) is 32.7 Å². The lowest BCUT2D eigenvalue weighted by Gasteiger charge is -2.10. The number of nitrogens with one attached hydrogen (secondary N) is 2. The standard InChI is InChI=1S/C16H15Cl2N3O3/c1-23-14-7-10(6-13(18)15(14)24-2)9-19-21-16(22)20-12-5-3-4-11(17)8-12/h3-9H,1-2H3,(H2,20,21,22)/b19-9-. The lowest BCUT2D eigenvalue weighted by Crippen LogP contribution is -2.24. The highest BCUT2D eigenvalue weighted by atomic mass is 35.5. The van der Waals surface area contributed by atoms with Crippen molar-refractivity contribution in [2.24, 2.45) is 5.10 Å². The fraction of sp³-hybridized carbons (Fsp3) is 0.125. The summed E-state index contributed by atoms with van der Waals surface area (Å²) in [6.07, 6.45) is 1.44. The minimum atomic E-state index is -0.500. The van der Waals surface area contributed by atoms with E-state index in [1.807, 2.05) is 0 Å². The molecular weight excluding hydrogens is 353 g/mol. The summed E-state index contributed by atoms with van der Waals surface area (Å²) < 4.78 is 10.3. The molecule has 0 bridgehead atoms. The number of amides is 2. The highest BCUT2D eigenvalue weighted by Crippen LogP contribution is 2.35. The van der Waals surface area contributed by atoms with Gasteiger partial charge in [-0.2, -0.15) is 5.10 Å². The number of hydrogen-bond acceptors (Lipinski definition) is 4. The zero-order valence-electron chi connectivity index (χ0n) is 13.0. The van der Waals surface area contributed by atoms with E-state index in [2.05, 4.69) is 15.8 Å². The molecule has 0 spiro atoms. The molecule has 0 saturated carbocycles. The van der Waals surface area contributed by atoms with Gasteiger partial charge in [-0.25, -0.2) is 10.2 Å². The Morgan fingerprint density at radius 2 is 1.96 bits per heavy atom. The van der Waals surface area contributed by atoms with Gasteiger partial charge in [0.05, 0.1) is 25.5 Å². The highest BCUT2D eigenvalue weighted by molar-refractivity contribution is 6.32. The van der Waals surface area contributed by atoms with Gasteiger partial charge in [0.15, 0.2) is 11.5 Å². The number of methoxy groups -OCH3 is 2. The van der Waals surface area contributed by atoms with Gasteiger partial charge < -0.3 is 14.8 Å². The summed E-state index contributed by atoms with van der Waals surface area (Å²) in [5, 5.41) is 7.36. The summed E-state index contributed by atoms with van der Waals surface area (Å²) in [6, 6.07) is 9.60. The topological polar surface area (TPSA) is 72.0 Å². The van der Waals surface area contributed by atoms with Crippen LogP contribution in [0.3, 0.4) is 0 Å². The minimum Gasteiger partial charge on any atom is -0.493 e. The van der Waals surface area contributed by atoms with E-state index < -0.39 is 6.03 Å². The molecule has 0 unspecified atom stereocenters. The fourth-order valence-electron chi connectivity index (χ4n) is 1.90. The van der Waals surface area contributed by atoms with Crippen LogP contribution in [-0.4, -0.2) is 26.5 Å². The monoisotopic (exact) mass is 367 g/mol. The number of urea groups is 1. The van der Waals surface area contributed by atoms with Crippen molar-refractivity contribution in [3.05, 3.63) is 52.0 Å². The number of rotatable bonds is 5. The summed E-state index contributed by atoms with van der Waals surface area (Å²) in [6.45, 7) is 0. The number of carbonyl (C=O) groups is 1. The van der Waals surface area contributed by atoms with Crippen molar-refractivity contribution in [3.63, 3.8) is 0 Å². The van der Waals surface area contributed by atoms with Gasteiger partial charge in [-0.15, -0.1) is 0 Å². The molecule has 0 aliphatic heterocycles. The summed E-state index contributed by atoms with van der Waals surface area (Å²) in [7, 11) is 3.00. The third-order valence-electron chi connectivity index (χ3n) is 2.92. The van der Waals surface area contributed by atoms with Gasteiger partial charge >= 0.3 is 6.03 Å². The normalized spacial score (nSPS) is 10.5. The number of hydrazone groups is 1. The molecule has 0 radical (unpaired) electrons. The largest absolute Gasteiger partial charge is 0.493 e. The second-order valence-electron chi connectivity index (χ2n) is 4.57. The molecule has 2 amide bonds. The Labute approximate surface area is 149 Å². The second-order valence-corrected chi connectivity index (χ2v) is 5.42. The van der Waals surface area contributed by atoms with Crippen LogP contribution in [0.2, 0.25) is 10.0 Å². The molecule has 2 N–H and O–H groups in total. The van der Waals surface area contributed by atoms with E-state index >= 15 is 0 Å². The van der Waals surface area contributed by atoms with E-state index in [0.717, 1.165) is 0 Å². The molecule has 2 rings (SSSR count). The van der Waals surface area contributed by atoms with Crippen LogP contribution < -0.4 is 20.2 Å². The number of carbonyl (C=O) groups excluding carboxylic acids is 1. The van der Waals surface area contributed by atoms with Crippen LogP contribution in [0.5, 0.6) is 11.5 Å². The zero-order chi connectivity index (χ0) is 17.5. The first-order chi connectivity index (χ1) is 11.5. The van der Waals surface area contributed by atoms with E-state index in [1.165, 1.54) is 20.4 Å². The zero-order valence-corrected chi connectivity index (χ0v) is 14.5. The molecule has 8 heteroatoms. The number of anilines is 1. The van der Waals surface area contributed by atoms with Crippen molar-refractivity contribution in [2.75, 3.05) is 19.5 Å². The maximum absolute atomic E-state index is 11.8. The lowest BCUT2D eigenvalue weighted by atomic mass is 10.2. The Kier molecular flexibility index (Phi) is 6.28. The number of halogens is 2. The average Bonchev–Trinajstić information content (AvgIpc) is 2.54. The average molecular weight is 368 g/mol. The highest BCUT2D eigenvalue weighted by Gasteiger charge is 2.10. The maximum atomic E-state index is 11.8. The Morgan fingerprint density at radius 3 is 2.62 bits per heavy atom. The predicted molar refractivity (Wildman–Crippen MR) is 95.8 cm³/mol. The third kappa shape index (κ3) is 4.78. The molecule has 0 aliphatic carbocycles. The molecule has 24 heavy (non-hydrogen) atoms. The van der Waals surface area contributed by atoms with E-state index in [-0.39, 0.29) is 0 Å². The van der Waals surface area contributed by atoms with Gasteiger partial charge in [0.2, 0.25) is 0 Å². The van der Waals surface area contributed by atoms with Crippen LogP contribution in [0.4, 0.5) is 10.5 Å². The van der Waals surface area contributed by atoms with Gasteiger partial charge in [-0.3, -0.25) is 0 Å². The van der Waals surface area contributed by atoms with Crippen LogP contribution in [0, 0.1) is 0 Å². The molecule has 0 atom stereocenters. The number of hydrogen-bond donors (Lipinski definition) is 2. The molecule has 0 heterocycles. The molecule has 2 aromatic carbocycles. The molecule has 0 aromatic heterocycles. The van der Waals surface area contributed by atoms with Gasteiger partial charge in [-0.05, 0) is 35.9 Å². The van der Waals surface area contributed by atoms with Gasteiger partial charge in [0.25, 0.3) is 0 Å². The maximum Gasteiger partial charge on any atom is 0.339 e. The first-order valence-corrected chi connectivity index (χ1v) is 7.56. The first-order valence-electron chi connectivity index (χ1n) is 6.80. The van der Waals surface area contributed by atoms with Crippen molar-refractivity contribution in [2.45, 2.75) is 0 Å². The Bertz CT molecular complexity index is 766. The smallest absolute Gasteiger partial charge is 0.339 e. The van der Waals surface area contributed by atoms with Crippen molar-refractivity contribution < 1.29 is 14.3 Å². The van der Waals surface area contributed by atoms with Crippen LogP contribution in [-0.2, 0) is 0 Å². The molecular formula is C16H15Cl2N3O3. The molecule has 126 valence electrons. The summed E-state index contributed by atoms with van der Waals surface area (Å²) in [4.78, 5) is 11.8. The Hall–Kier alpha value is -2.44. The lowest BCUT2D eigenvalue weighted by molar-refractivity contribution is 0.252. The fourth-order valence-corrected chi connectivity index (χ4v) is 2.39. The van der Waals surface area contributed by atoms with Crippen LogP contribution >= 0.6 is 23.2 Å². The second kappa shape index (κ2) is 8.42. The van der Waals surface area contributed by atoms with Crippen LogP contribution in [0.15, 0.2) is 41.5 Å². The SMILES string of the molecule is COc1cc(/C=N\NC(=O)Nc2cccc(Cl)c2)cc(Cl)c1OC. The molecule has 2 aromatic rings. The van der Waals surface area contributed by atoms with Gasteiger partial charge in [0.1, 0.15) is 0 Å². The Morgan fingerprint density at radius 1 is 1.17 bits per heavy atom. The van der Waals surface area contributed by atoms with E-state index in [9.17, 15) is 4.79 Å². The quantitative estimate of drug-likeness (QED) is 0.615. The van der Waals surface area contributed by atoms with Gasteiger partial charge in [0, 0.05) is 10.7 Å². The molecule has 0 fully saturated rings. The van der Waals surface area contributed by atoms with Crippen molar-refractivity contribution in [1.82, 2.24) is 5.43 Å². The third-order valence-corrected chi connectivity index (χ3v) is 3.43. The summed E-state index contributed by atoms with van der Waals surface area (Å²) in [5.74, 6) is 0.901. The van der Waals surface area contributed by atoms with Crippen molar-refractivity contribution >= 4 is 41.1 Å². The molecule has 0 saturated heterocycles. The summed E-state index contributed by atoms with van der Waals surface area (Å²) >= 11 is 11.9. The van der Waals surface area contributed by atoms with E-state index in [0.29, 0.717) is 32.8 Å². The van der Waals surface area contributed by atoms with Crippen molar-refractivity contribution in [3.8, 4) is 11.5 Å². The number of benzene rings is 2. The molecule has 0 aliphatic rings. The van der Waals surface area contributed by atoms with Crippen LogP contribution in [0.25, 0.3) is 0 Å². The van der Waals surface area contributed by atoms with E-state index in [1.54, 1.807) is 36.4 Å². The summed E-state index contributed by atoms with van der Waals surface area (Å²) in [5.41, 5.74) is 3.54. The van der Waals surface area contributed by atoms with Crippen LogP contribution in [0.1, 0.15) is 5.56 Å². The first kappa shape index (κ1) is 17.9. The molecule has 6 nitrogen and oxygen atoms in total. The Balaban J connectivity index is 2.01. The number of ether oxygens (including phenoxy) is 2.